The van der Waals surface area contributed by atoms with Crippen LogP contribution in [0.25, 0.3) is 0 Å². The first-order valence-electron chi connectivity index (χ1n) is 3.62. The van der Waals surface area contributed by atoms with Crippen molar-refractivity contribution in [3.8, 4) is 0 Å². The maximum absolute atomic E-state index is 4.91. The molecule has 56 valence electrons. The van der Waals surface area contributed by atoms with Crippen molar-refractivity contribution in [1.29, 1.82) is 0 Å². The molecule has 0 saturated heterocycles. The normalized spacial score (nSPS) is 10.2. The molecule has 0 bridgehead atoms. The molecule has 3 nitrogen and oxygen atoms in total. The van der Waals surface area contributed by atoms with Gasteiger partial charge in [-0.05, 0) is 13.3 Å². The third kappa shape index (κ3) is 1.83. The van der Waals surface area contributed by atoms with Crippen LogP contribution in [0.1, 0.15) is 31.5 Å². The van der Waals surface area contributed by atoms with E-state index in [9.17, 15) is 0 Å². The molecule has 10 heavy (non-hydrogen) atoms. The molecule has 1 aromatic rings. The van der Waals surface area contributed by atoms with Gasteiger partial charge in [-0.15, -0.1) is 0 Å². The maximum Gasteiger partial charge on any atom is 0.226 e. The van der Waals surface area contributed by atoms with E-state index in [1.807, 2.05) is 6.92 Å². The van der Waals surface area contributed by atoms with Crippen molar-refractivity contribution in [1.82, 2.24) is 10.1 Å². The molecule has 0 aliphatic carbocycles. The van der Waals surface area contributed by atoms with Crippen molar-refractivity contribution < 1.29 is 4.52 Å². The van der Waals surface area contributed by atoms with Crippen LogP contribution in [0.3, 0.4) is 0 Å². The SMILES string of the molecule is CCCCc1nc(C)no1. The number of hydrogen-bond donors (Lipinski definition) is 0. The van der Waals surface area contributed by atoms with Crippen molar-refractivity contribution >= 4 is 0 Å². The lowest BCUT2D eigenvalue weighted by Crippen LogP contribution is -1.83. The second kappa shape index (κ2) is 3.34. The molecule has 0 spiro atoms. The Balaban J connectivity index is 2.42. The highest BCUT2D eigenvalue weighted by molar-refractivity contribution is 4.82. The van der Waals surface area contributed by atoms with Gasteiger partial charge in [0.1, 0.15) is 0 Å². The van der Waals surface area contributed by atoms with Gasteiger partial charge in [-0.1, -0.05) is 18.5 Å². The van der Waals surface area contributed by atoms with E-state index in [1.165, 1.54) is 6.42 Å². The first kappa shape index (κ1) is 7.25. The van der Waals surface area contributed by atoms with Gasteiger partial charge in [0.25, 0.3) is 0 Å². The van der Waals surface area contributed by atoms with Crippen LogP contribution in [-0.4, -0.2) is 10.1 Å². The molecule has 0 saturated carbocycles. The van der Waals surface area contributed by atoms with E-state index >= 15 is 0 Å². The first-order chi connectivity index (χ1) is 4.83. The van der Waals surface area contributed by atoms with Gasteiger partial charge in [-0.25, -0.2) is 0 Å². The Morgan fingerprint density at radius 1 is 1.50 bits per heavy atom. The van der Waals surface area contributed by atoms with E-state index in [0.29, 0.717) is 0 Å². The predicted octanol–water partition coefficient (Wildman–Crippen LogP) is 1.72. The average molecular weight is 140 g/mol. The second-order valence-corrected chi connectivity index (χ2v) is 2.34. The highest BCUT2D eigenvalue weighted by atomic mass is 16.5. The Kier molecular flexibility index (Phi) is 2.42. The zero-order valence-corrected chi connectivity index (χ0v) is 6.42. The Labute approximate surface area is 60.4 Å². The van der Waals surface area contributed by atoms with Crippen molar-refractivity contribution in [2.45, 2.75) is 33.1 Å². The van der Waals surface area contributed by atoms with Gasteiger partial charge in [-0.2, -0.15) is 4.98 Å². The summed E-state index contributed by atoms with van der Waals surface area (Å²) in [5.74, 6) is 1.49. The van der Waals surface area contributed by atoms with Crippen LogP contribution in [-0.2, 0) is 6.42 Å². The molecule has 1 aromatic heterocycles. The van der Waals surface area contributed by atoms with Crippen molar-refractivity contribution in [2.75, 3.05) is 0 Å². The fourth-order valence-corrected chi connectivity index (χ4v) is 0.770. The minimum absolute atomic E-state index is 0.728. The summed E-state index contributed by atoms with van der Waals surface area (Å²) in [5, 5.41) is 3.68. The molecule has 0 unspecified atom stereocenters. The van der Waals surface area contributed by atoms with E-state index in [-0.39, 0.29) is 0 Å². The van der Waals surface area contributed by atoms with Crippen molar-refractivity contribution in [3.63, 3.8) is 0 Å². The number of rotatable bonds is 3. The minimum Gasteiger partial charge on any atom is -0.339 e. The van der Waals surface area contributed by atoms with Crippen LogP contribution < -0.4 is 0 Å². The molecular formula is C7H12N2O. The van der Waals surface area contributed by atoms with E-state index < -0.39 is 0 Å². The highest BCUT2D eigenvalue weighted by Crippen LogP contribution is 2.00. The lowest BCUT2D eigenvalue weighted by Gasteiger charge is -1.87. The van der Waals surface area contributed by atoms with Gasteiger partial charge in [0, 0.05) is 6.42 Å². The Morgan fingerprint density at radius 2 is 2.30 bits per heavy atom. The number of nitrogens with zero attached hydrogens (tertiary/aromatic N) is 2. The van der Waals surface area contributed by atoms with Gasteiger partial charge in [-0.3, -0.25) is 0 Å². The zero-order valence-electron chi connectivity index (χ0n) is 6.42. The summed E-state index contributed by atoms with van der Waals surface area (Å²) < 4.78 is 4.91. The van der Waals surface area contributed by atoms with E-state index in [0.717, 1.165) is 24.6 Å². The van der Waals surface area contributed by atoms with Crippen LogP contribution in [0.15, 0.2) is 4.52 Å². The largest absolute Gasteiger partial charge is 0.339 e. The fourth-order valence-electron chi connectivity index (χ4n) is 0.770. The molecule has 0 radical (unpaired) electrons. The van der Waals surface area contributed by atoms with Gasteiger partial charge in [0.2, 0.25) is 5.89 Å². The molecule has 0 N–H and O–H groups in total. The molecule has 3 heteroatoms. The number of unbranched alkanes of at least 4 members (excludes halogenated alkanes) is 1. The molecule has 1 rings (SSSR count). The lowest BCUT2D eigenvalue weighted by atomic mass is 10.2. The Hall–Kier alpha value is -0.860. The van der Waals surface area contributed by atoms with Crippen LogP contribution in [0.2, 0.25) is 0 Å². The summed E-state index contributed by atoms with van der Waals surface area (Å²) in [6, 6.07) is 0. The van der Waals surface area contributed by atoms with Gasteiger partial charge >= 0.3 is 0 Å². The zero-order chi connectivity index (χ0) is 7.40. The topological polar surface area (TPSA) is 38.9 Å². The molecular weight excluding hydrogens is 128 g/mol. The smallest absolute Gasteiger partial charge is 0.226 e. The summed E-state index contributed by atoms with van der Waals surface area (Å²) in [6.07, 6.45) is 3.21. The summed E-state index contributed by atoms with van der Waals surface area (Å²) in [6.45, 7) is 3.97. The summed E-state index contributed by atoms with van der Waals surface area (Å²) in [5.41, 5.74) is 0. The van der Waals surface area contributed by atoms with E-state index in [2.05, 4.69) is 17.1 Å². The predicted molar refractivity (Wildman–Crippen MR) is 37.6 cm³/mol. The van der Waals surface area contributed by atoms with Crippen LogP contribution in [0, 0.1) is 6.92 Å². The molecule has 0 amide bonds. The van der Waals surface area contributed by atoms with Crippen LogP contribution >= 0.6 is 0 Å². The number of hydrogen-bond acceptors (Lipinski definition) is 3. The third-order valence-electron chi connectivity index (χ3n) is 1.31. The quantitative estimate of drug-likeness (QED) is 0.641. The van der Waals surface area contributed by atoms with Gasteiger partial charge in [0.05, 0.1) is 0 Å². The number of aryl methyl sites for hydroxylation is 2. The monoisotopic (exact) mass is 140 g/mol. The molecule has 0 aliphatic heterocycles. The minimum atomic E-state index is 0.728. The van der Waals surface area contributed by atoms with Gasteiger partial charge < -0.3 is 4.52 Å². The van der Waals surface area contributed by atoms with Crippen LogP contribution in [0.4, 0.5) is 0 Å². The molecule has 0 fully saturated rings. The molecule has 1 heterocycles. The van der Waals surface area contributed by atoms with E-state index in [4.69, 9.17) is 4.52 Å². The number of aromatic nitrogens is 2. The molecule has 0 aromatic carbocycles. The Bertz CT molecular complexity index is 195. The molecule has 0 aliphatic rings. The summed E-state index contributed by atoms with van der Waals surface area (Å²) in [4.78, 5) is 4.07. The van der Waals surface area contributed by atoms with Crippen molar-refractivity contribution in [3.05, 3.63) is 11.7 Å². The lowest BCUT2D eigenvalue weighted by molar-refractivity contribution is 0.371. The summed E-state index contributed by atoms with van der Waals surface area (Å²) in [7, 11) is 0. The third-order valence-corrected chi connectivity index (χ3v) is 1.31. The van der Waals surface area contributed by atoms with Gasteiger partial charge in [0.15, 0.2) is 5.82 Å². The molecule has 0 atom stereocenters. The van der Waals surface area contributed by atoms with Crippen molar-refractivity contribution in [2.24, 2.45) is 0 Å². The highest BCUT2D eigenvalue weighted by Gasteiger charge is 1.99. The Morgan fingerprint density at radius 3 is 2.80 bits per heavy atom. The standard InChI is InChI=1S/C7H12N2O/c1-3-4-5-7-8-6(2)9-10-7/h3-5H2,1-2H3. The average Bonchev–Trinajstić information content (AvgIpc) is 2.31. The fraction of sp³-hybridized carbons (Fsp3) is 0.714. The van der Waals surface area contributed by atoms with E-state index in [1.54, 1.807) is 0 Å². The van der Waals surface area contributed by atoms with Crippen LogP contribution in [0.5, 0.6) is 0 Å². The summed E-state index contributed by atoms with van der Waals surface area (Å²) >= 11 is 0. The second-order valence-electron chi connectivity index (χ2n) is 2.34. The first-order valence-corrected chi connectivity index (χ1v) is 3.62. The maximum atomic E-state index is 4.91.